The van der Waals surface area contributed by atoms with Crippen LogP contribution in [0.3, 0.4) is 0 Å². The lowest BCUT2D eigenvalue weighted by atomic mass is 10.0. The second kappa shape index (κ2) is 8.35. The normalized spacial score (nSPS) is 12.6. The van der Waals surface area contributed by atoms with E-state index in [4.69, 9.17) is 5.73 Å². The van der Waals surface area contributed by atoms with Gasteiger partial charge in [-0.05, 0) is 42.7 Å². The lowest BCUT2D eigenvalue weighted by molar-refractivity contribution is -0.142. The molecular weight excluding hydrogens is 357 g/mol. The van der Waals surface area contributed by atoms with Gasteiger partial charge in [0.1, 0.15) is 5.69 Å². The molecule has 0 radical (unpaired) electrons. The third-order valence-corrected chi connectivity index (χ3v) is 3.37. The minimum absolute atomic E-state index is 0. The minimum atomic E-state index is -4.49. The van der Waals surface area contributed by atoms with Crippen LogP contribution < -0.4 is 11.1 Å². The molecule has 0 saturated carbocycles. The average Bonchev–Trinajstić information content (AvgIpc) is 2.97. The number of nitrogens with one attached hydrogen (secondary N) is 1. The summed E-state index contributed by atoms with van der Waals surface area (Å²) in [6.07, 6.45) is -2.86. The van der Waals surface area contributed by atoms with Gasteiger partial charge in [-0.3, -0.25) is 4.79 Å². The van der Waals surface area contributed by atoms with Gasteiger partial charge in [0.05, 0.1) is 17.9 Å². The molecule has 25 heavy (non-hydrogen) atoms. The fourth-order valence-corrected chi connectivity index (χ4v) is 2.26. The van der Waals surface area contributed by atoms with E-state index in [2.05, 4.69) is 10.4 Å². The van der Waals surface area contributed by atoms with Crippen LogP contribution in [0.15, 0.2) is 36.5 Å². The van der Waals surface area contributed by atoms with Crippen molar-refractivity contribution in [3.05, 3.63) is 42.2 Å². The number of halogens is 4. The Labute approximate surface area is 149 Å². The highest BCUT2D eigenvalue weighted by Gasteiger charge is 2.35. The molecule has 0 fully saturated rings. The van der Waals surface area contributed by atoms with Crippen LogP contribution in [-0.4, -0.2) is 21.7 Å². The van der Waals surface area contributed by atoms with Gasteiger partial charge in [0, 0.05) is 5.69 Å². The highest BCUT2D eigenvalue weighted by molar-refractivity contribution is 5.94. The molecule has 3 N–H and O–H groups in total. The summed E-state index contributed by atoms with van der Waals surface area (Å²) in [5.74, 6) is -0.0414. The predicted molar refractivity (Wildman–Crippen MR) is 91.9 cm³/mol. The van der Waals surface area contributed by atoms with Crippen LogP contribution in [0.1, 0.15) is 26.0 Å². The Kier molecular flexibility index (Phi) is 7.01. The van der Waals surface area contributed by atoms with E-state index in [0.717, 1.165) is 16.9 Å². The van der Waals surface area contributed by atoms with E-state index in [9.17, 15) is 18.0 Å². The first-order valence-corrected chi connectivity index (χ1v) is 7.46. The number of aromatic nitrogens is 2. The van der Waals surface area contributed by atoms with Crippen molar-refractivity contribution in [3.63, 3.8) is 0 Å². The summed E-state index contributed by atoms with van der Waals surface area (Å²) < 4.78 is 39.4. The summed E-state index contributed by atoms with van der Waals surface area (Å²) in [5.41, 5.74) is 5.64. The quantitative estimate of drug-likeness (QED) is 0.837. The zero-order valence-electron chi connectivity index (χ0n) is 13.7. The number of carbonyl (C=O) groups excluding carboxylic acids is 1. The molecule has 0 unspecified atom stereocenters. The van der Waals surface area contributed by atoms with Crippen molar-refractivity contribution in [1.29, 1.82) is 0 Å². The number of hydrogen-bond acceptors (Lipinski definition) is 3. The maximum Gasteiger partial charge on any atom is 0.433 e. The maximum absolute atomic E-state index is 12.9. The predicted octanol–water partition coefficient (Wildman–Crippen LogP) is 3.62. The number of nitrogens with two attached hydrogens (primary N) is 1. The molecule has 0 saturated heterocycles. The molecule has 2 rings (SSSR count). The Balaban J connectivity index is 0.00000312. The third-order valence-electron chi connectivity index (χ3n) is 3.37. The minimum Gasteiger partial charge on any atom is -0.325 e. The lowest BCUT2D eigenvalue weighted by Gasteiger charge is -2.15. The van der Waals surface area contributed by atoms with E-state index in [-0.39, 0.29) is 29.9 Å². The zero-order chi connectivity index (χ0) is 17.9. The van der Waals surface area contributed by atoms with E-state index < -0.39 is 17.9 Å². The number of amides is 1. The van der Waals surface area contributed by atoms with Gasteiger partial charge in [-0.2, -0.15) is 18.3 Å². The summed E-state index contributed by atoms with van der Waals surface area (Å²) in [4.78, 5) is 11.9. The fraction of sp³-hybridized carbons (Fsp3) is 0.375. The molecule has 2 aromatic rings. The van der Waals surface area contributed by atoms with Gasteiger partial charge < -0.3 is 11.1 Å². The van der Waals surface area contributed by atoms with Crippen LogP contribution >= 0.6 is 12.4 Å². The SMILES string of the molecule is CC(C)C[C@H](N)C(=O)Nc1ccc(-n2nccc2C(F)(F)F)cc1.Cl. The van der Waals surface area contributed by atoms with Crippen LogP contribution in [0.5, 0.6) is 0 Å². The summed E-state index contributed by atoms with van der Waals surface area (Å²) in [5, 5.41) is 6.34. The van der Waals surface area contributed by atoms with Crippen molar-refractivity contribution in [2.75, 3.05) is 5.32 Å². The smallest absolute Gasteiger partial charge is 0.325 e. The average molecular weight is 377 g/mol. The Morgan fingerprint density at radius 1 is 1.24 bits per heavy atom. The molecule has 138 valence electrons. The molecule has 1 atom stereocenters. The zero-order valence-corrected chi connectivity index (χ0v) is 14.6. The van der Waals surface area contributed by atoms with Crippen molar-refractivity contribution in [2.45, 2.75) is 32.5 Å². The van der Waals surface area contributed by atoms with Crippen molar-refractivity contribution < 1.29 is 18.0 Å². The molecule has 1 heterocycles. The Morgan fingerprint density at radius 2 is 1.84 bits per heavy atom. The molecule has 0 aliphatic carbocycles. The largest absolute Gasteiger partial charge is 0.433 e. The molecule has 0 aliphatic heterocycles. The summed E-state index contributed by atoms with van der Waals surface area (Å²) in [7, 11) is 0. The van der Waals surface area contributed by atoms with Crippen molar-refractivity contribution in [2.24, 2.45) is 11.7 Å². The second-order valence-electron chi connectivity index (χ2n) is 5.90. The molecule has 1 aromatic carbocycles. The van der Waals surface area contributed by atoms with Crippen LogP contribution in [0, 0.1) is 5.92 Å². The van der Waals surface area contributed by atoms with Crippen molar-refractivity contribution in [3.8, 4) is 5.69 Å². The number of rotatable bonds is 5. The van der Waals surface area contributed by atoms with Gasteiger partial charge in [-0.25, -0.2) is 4.68 Å². The molecular formula is C16H20ClF3N4O. The van der Waals surface area contributed by atoms with E-state index >= 15 is 0 Å². The molecule has 5 nitrogen and oxygen atoms in total. The molecule has 0 aliphatic rings. The first kappa shape index (κ1) is 21.0. The van der Waals surface area contributed by atoms with E-state index in [1.165, 1.54) is 24.3 Å². The molecule has 1 amide bonds. The second-order valence-corrected chi connectivity index (χ2v) is 5.90. The van der Waals surface area contributed by atoms with Gasteiger partial charge in [-0.1, -0.05) is 13.8 Å². The van der Waals surface area contributed by atoms with Gasteiger partial charge in [0.25, 0.3) is 0 Å². The van der Waals surface area contributed by atoms with Crippen LogP contribution in [0.4, 0.5) is 18.9 Å². The third kappa shape index (κ3) is 5.47. The fourth-order valence-electron chi connectivity index (χ4n) is 2.26. The lowest BCUT2D eigenvalue weighted by Crippen LogP contribution is -2.36. The first-order chi connectivity index (χ1) is 11.2. The highest BCUT2D eigenvalue weighted by atomic mass is 35.5. The molecule has 1 aromatic heterocycles. The van der Waals surface area contributed by atoms with Gasteiger partial charge in [0.15, 0.2) is 0 Å². The monoisotopic (exact) mass is 376 g/mol. The number of alkyl halides is 3. The van der Waals surface area contributed by atoms with E-state index in [0.29, 0.717) is 12.1 Å². The van der Waals surface area contributed by atoms with Crippen LogP contribution in [0.2, 0.25) is 0 Å². The summed E-state index contributed by atoms with van der Waals surface area (Å²) >= 11 is 0. The molecule has 0 bridgehead atoms. The van der Waals surface area contributed by atoms with Crippen LogP contribution in [-0.2, 0) is 11.0 Å². The standard InChI is InChI=1S/C16H19F3N4O.ClH/c1-10(2)9-13(20)15(24)22-11-3-5-12(6-4-11)23-14(7-8-21-23)16(17,18)19;/h3-8,10,13H,9,20H2,1-2H3,(H,22,24);1H/t13-;/m0./s1. The summed E-state index contributed by atoms with van der Waals surface area (Å²) in [6.45, 7) is 3.93. The summed E-state index contributed by atoms with van der Waals surface area (Å²) in [6, 6.07) is 6.19. The van der Waals surface area contributed by atoms with Crippen molar-refractivity contribution >= 4 is 24.0 Å². The maximum atomic E-state index is 12.9. The number of carbonyl (C=O) groups is 1. The van der Waals surface area contributed by atoms with E-state index in [1.807, 2.05) is 13.8 Å². The number of anilines is 1. The van der Waals surface area contributed by atoms with E-state index in [1.54, 1.807) is 0 Å². The topological polar surface area (TPSA) is 72.9 Å². The highest BCUT2D eigenvalue weighted by Crippen LogP contribution is 2.30. The Morgan fingerprint density at radius 3 is 2.36 bits per heavy atom. The van der Waals surface area contributed by atoms with Gasteiger partial charge >= 0.3 is 6.18 Å². The van der Waals surface area contributed by atoms with Gasteiger partial charge in [-0.15, -0.1) is 12.4 Å². The Bertz CT molecular complexity index is 698. The number of nitrogens with zero attached hydrogens (tertiary/aromatic N) is 2. The first-order valence-electron chi connectivity index (χ1n) is 7.46. The van der Waals surface area contributed by atoms with Crippen LogP contribution in [0.25, 0.3) is 5.69 Å². The molecule has 9 heteroatoms. The number of benzene rings is 1. The number of hydrogen-bond donors (Lipinski definition) is 2. The Hall–Kier alpha value is -2.06. The van der Waals surface area contributed by atoms with Gasteiger partial charge in [0.2, 0.25) is 5.91 Å². The molecule has 0 spiro atoms. The van der Waals surface area contributed by atoms with Crippen molar-refractivity contribution in [1.82, 2.24) is 9.78 Å².